The summed E-state index contributed by atoms with van der Waals surface area (Å²) in [7, 11) is 0. The van der Waals surface area contributed by atoms with E-state index in [1.807, 2.05) is 46.4 Å². The van der Waals surface area contributed by atoms with Crippen molar-refractivity contribution in [3.63, 3.8) is 0 Å². The van der Waals surface area contributed by atoms with Crippen molar-refractivity contribution in [3.8, 4) is 10.6 Å². The van der Waals surface area contributed by atoms with Crippen LogP contribution in [0.2, 0.25) is 0 Å². The van der Waals surface area contributed by atoms with E-state index < -0.39 is 0 Å². The molecule has 2 aliphatic heterocycles. The van der Waals surface area contributed by atoms with Gasteiger partial charge in [0.2, 0.25) is 5.91 Å². The first kappa shape index (κ1) is 18.1. The van der Waals surface area contributed by atoms with E-state index in [2.05, 4.69) is 10.3 Å². The Morgan fingerprint density at radius 2 is 2.22 bits per heavy atom. The van der Waals surface area contributed by atoms with Crippen LogP contribution in [-0.2, 0) is 4.79 Å². The van der Waals surface area contributed by atoms with Crippen LogP contribution in [0.3, 0.4) is 0 Å². The maximum atomic E-state index is 13.1. The van der Waals surface area contributed by atoms with Crippen LogP contribution < -0.4 is 5.32 Å². The van der Waals surface area contributed by atoms with Gasteiger partial charge in [-0.25, -0.2) is 4.98 Å². The van der Waals surface area contributed by atoms with Gasteiger partial charge in [-0.3, -0.25) is 9.59 Å². The molecule has 6 nitrogen and oxygen atoms in total. The number of thiazole rings is 1. The van der Waals surface area contributed by atoms with Crippen molar-refractivity contribution in [2.24, 2.45) is 0 Å². The number of benzene rings is 1. The molecule has 1 atom stereocenters. The number of hydrogen-bond donors (Lipinski definition) is 1. The Morgan fingerprint density at radius 3 is 3.00 bits per heavy atom. The fourth-order valence-corrected chi connectivity index (χ4v) is 4.65. The van der Waals surface area contributed by atoms with E-state index in [-0.39, 0.29) is 17.9 Å². The first-order valence-corrected chi connectivity index (χ1v) is 10.3. The summed E-state index contributed by atoms with van der Waals surface area (Å²) >= 11 is 1.59. The smallest absolute Gasteiger partial charge is 0.253 e. The van der Waals surface area contributed by atoms with Crippen molar-refractivity contribution in [1.29, 1.82) is 0 Å². The van der Waals surface area contributed by atoms with Crippen LogP contribution in [0.4, 0.5) is 0 Å². The number of likely N-dealkylation sites (tertiary alicyclic amines) is 1. The number of hydrogen-bond acceptors (Lipinski definition) is 5. The SMILES string of the molecule is Cc1csc(-c2cccc(C(=O)N3CCCC(N4CCNCC4=O)C3)c2)n1. The maximum Gasteiger partial charge on any atom is 0.253 e. The standard InChI is InChI=1S/C20H24N4O2S/c1-14-13-27-19(22-14)15-4-2-5-16(10-15)20(26)23-8-3-6-17(12-23)24-9-7-21-11-18(24)25/h2,4-5,10,13,17,21H,3,6-9,11-12H2,1H3. The van der Waals surface area contributed by atoms with Crippen LogP contribution >= 0.6 is 11.3 Å². The van der Waals surface area contributed by atoms with E-state index in [1.165, 1.54) is 0 Å². The van der Waals surface area contributed by atoms with E-state index in [4.69, 9.17) is 0 Å². The minimum atomic E-state index is 0.0393. The molecule has 7 heteroatoms. The van der Waals surface area contributed by atoms with Gasteiger partial charge in [0.25, 0.3) is 5.91 Å². The molecule has 2 saturated heterocycles. The van der Waals surface area contributed by atoms with Gasteiger partial charge in [0.15, 0.2) is 0 Å². The van der Waals surface area contributed by atoms with E-state index in [9.17, 15) is 9.59 Å². The zero-order chi connectivity index (χ0) is 18.8. The van der Waals surface area contributed by atoms with Gasteiger partial charge in [-0.15, -0.1) is 11.3 Å². The van der Waals surface area contributed by atoms with Crippen LogP contribution in [0.5, 0.6) is 0 Å². The molecule has 1 N–H and O–H groups in total. The first-order valence-electron chi connectivity index (χ1n) is 9.44. The minimum Gasteiger partial charge on any atom is -0.337 e. The third-order valence-electron chi connectivity index (χ3n) is 5.23. The molecule has 0 spiro atoms. The summed E-state index contributed by atoms with van der Waals surface area (Å²) in [5.41, 5.74) is 2.66. The Hall–Kier alpha value is -2.25. The fourth-order valence-electron chi connectivity index (χ4n) is 3.86. The third kappa shape index (κ3) is 3.89. The molecule has 4 rings (SSSR count). The Kier molecular flexibility index (Phi) is 5.22. The van der Waals surface area contributed by atoms with Crippen LogP contribution in [0.15, 0.2) is 29.6 Å². The highest BCUT2D eigenvalue weighted by atomic mass is 32.1. The lowest BCUT2D eigenvalue weighted by Crippen LogP contribution is -2.57. The van der Waals surface area contributed by atoms with Crippen molar-refractivity contribution in [2.75, 3.05) is 32.7 Å². The third-order valence-corrected chi connectivity index (χ3v) is 6.24. The molecule has 1 aromatic carbocycles. The number of piperazine rings is 1. The largest absolute Gasteiger partial charge is 0.337 e. The van der Waals surface area contributed by atoms with Crippen molar-refractivity contribution in [2.45, 2.75) is 25.8 Å². The molecule has 2 amide bonds. The molecule has 2 aliphatic rings. The van der Waals surface area contributed by atoms with Gasteiger partial charge in [0, 0.05) is 54.4 Å². The quantitative estimate of drug-likeness (QED) is 0.881. The highest BCUT2D eigenvalue weighted by Gasteiger charge is 2.32. The maximum absolute atomic E-state index is 13.1. The van der Waals surface area contributed by atoms with Crippen molar-refractivity contribution >= 4 is 23.2 Å². The summed E-state index contributed by atoms with van der Waals surface area (Å²) < 4.78 is 0. The number of carbonyl (C=O) groups is 2. The number of rotatable bonds is 3. The lowest BCUT2D eigenvalue weighted by atomic mass is 10.0. The Balaban J connectivity index is 1.50. The molecule has 1 aromatic heterocycles. The molecule has 27 heavy (non-hydrogen) atoms. The Morgan fingerprint density at radius 1 is 1.33 bits per heavy atom. The number of nitrogens with zero attached hydrogens (tertiary/aromatic N) is 3. The van der Waals surface area contributed by atoms with Gasteiger partial charge in [-0.2, -0.15) is 0 Å². The topological polar surface area (TPSA) is 65.5 Å². The summed E-state index contributed by atoms with van der Waals surface area (Å²) in [5.74, 6) is 0.180. The second-order valence-corrected chi connectivity index (χ2v) is 8.04. The molecule has 142 valence electrons. The predicted molar refractivity (Wildman–Crippen MR) is 106 cm³/mol. The van der Waals surface area contributed by atoms with Crippen molar-refractivity contribution in [1.82, 2.24) is 20.1 Å². The summed E-state index contributed by atoms with van der Waals surface area (Å²) in [6.07, 6.45) is 1.90. The van der Waals surface area contributed by atoms with E-state index >= 15 is 0 Å². The predicted octanol–water partition coefficient (Wildman–Crippen LogP) is 2.15. The van der Waals surface area contributed by atoms with Crippen LogP contribution in [0.25, 0.3) is 10.6 Å². The van der Waals surface area contributed by atoms with E-state index in [1.54, 1.807) is 11.3 Å². The van der Waals surface area contributed by atoms with Gasteiger partial charge in [-0.1, -0.05) is 12.1 Å². The molecule has 0 bridgehead atoms. The second-order valence-electron chi connectivity index (χ2n) is 7.19. The average Bonchev–Trinajstić information content (AvgIpc) is 3.14. The number of aromatic nitrogens is 1. The normalized spacial score (nSPS) is 20.8. The number of aryl methyl sites for hydroxylation is 1. The highest BCUT2D eigenvalue weighted by molar-refractivity contribution is 7.13. The molecule has 2 fully saturated rings. The monoisotopic (exact) mass is 384 g/mol. The molecule has 0 radical (unpaired) electrons. The van der Waals surface area contributed by atoms with Gasteiger partial charge in [-0.05, 0) is 31.9 Å². The van der Waals surface area contributed by atoms with Gasteiger partial charge < -0.3 is 15.1 Å². The molecule has 0 aliphatic carbocycles. The lowest BCUT2D eigenvalue weighted by Gasteiger charge is -2.41. The van der Waals surface area contributed by atoms with Gasteiger partial charge in [0.1, 0.15) is 5.01 Å². The number of piperidine rings is 1. The van der Waals surface area contributed by atoms with Crippen LogP contribution in [-0.4, -0.2) is 65.4 Å². The number of amides is 2. The van der Waals surface area contributed by atoms with Gasteiger partial charge >= 0.3 is 0 Å². The summed E-state index contributed by atoms with van der Waals surface area (Å²) in [4.78, 5) is 33.7. The zero-order valence-corrected chi connectivity index (χ0v) is 16.3. The van der Waals surface area contributed by atoms with Crippen LogP contribution in [0, 0.1) is 6.92 Å². The van der Waals surface area contributed by atoms with E-state index in [0.29, 0.717) is 18.7 Å². The number of carbonyl (C=O) groups excluding carboxylic acids is 2. The van der Waals surface area contributed by atoms with Gasteiger partial charge in [0.05, 0.1) is 6.54 Å². The van der Waals surface area contributed by atoms with Crippen LogP contribution in [0.1, 0.15) is 28.9 Å². The lowest BCUT2D eigenvalue weighted by molar-refractivity contribution is -0.135. The average molecular weight is 385 g/mol. The molecule has 3 heterocycles. The second kappa shape index (κ2) is 7.78. The molecular weight excluding hydrogens is 360 g/mol. The van der Waals surface area contributed by atoms with Crippen molar-refractivity contribution in [3.05, 3.63) is 40.9 Å². The first-order chi connectivity index (χ1) is 13.1. The highest BCUT2D eigenvalue weighted by Crippen LogP contribution is 2.25. The molecule has 1 unspecified atom stereocenters. The van der Waals surface area contributed by atoms with E-state index in [0.717, 1.165) is 48.7 Å². The molecule has 0 saturated carbocycles. The zero-order valence-electron chi connectivity index (χ0n) is 15.5. The van der Waals surface area contributed by atoms with Crippen molar-refractivity contribution < 1.29 is 9.59 Å². The summed E-state index contributed by atoms with van der Waals surface area (Å²) in [5, 5.41) is 6.06. The minimum absolute atomic E-state index is 0.0393. The molecule has 2 aromatic rings. The summed E-state index contributed by atoms with van der Waals surface area (Å²) in [6, 6.07) is 7.84. The molecular formula is C20H24N4O2S. The Bertz CT molecular complexity index is 850. The summed E-state index contributed by atoms with van der Waals surface area (Å²) in [6.45, 7) is 5.29. The fraction of sp³-hybridized carbons (Fsp3) is 0.450. The number of nitrogens with one attached hydrogen (secondary N) is 1. The Labute approximate surface area is 163 Å².